The van der Waals surface area contributed by atoms with Crippen molar-refractivity contribution in [3.05, 3.63) is 34.3 Å². The first-order valence-electron chi connectivity index (χ1n) is 6.67. The van der Waals surface area contributed by atoms with E-state index >= 15 is 0 Å². The molecule has 0 spiro atoms. The maximum atomic E-state index is 6.68. The van der Waals surface area contributed by atoms with Crippen molar-refractivity contribution in [2.45, 2.75) is 51.0 Å². The van der Waals surface area contributed by atoms with Crippen LogP contribution < -0.4 is 5.73 Å². The number of hydrogen-bond donors (Lipinski definition) is 1. The van der Waals surface area contributed by atoms with Crippen LogP contribution in [0.2, 0.25) is 0 Å². The van der Waals surface area contributed by atoms with Gasteiger partial charge in [-0.1, -0.05) is 54.2 Å². The first-order valence-corrected chi connectivity index (χ1v) is 7.46. The van der Waals surface area contributed by atoms with Crippen LogP contribution in [0.15, 0.2) is 28.7 Å². The van der Waals surface area contributed by atoms with Crippen LogP contribution in [0, 0.1) is 5.92 Å². The van der Waals surface area contributed by atoms with Gasteiger partial charge in [-0.3, -0.25) is 0 Å². The Kier molecular flexibility index (Phi) is 4.26. The average Bonchev–Trinajstić information content (AvgIpc) is 2.29. The summed E-state index contributed by atoms with van der Waals surface area (Å²) in [6.07, 6.45) is 7.37. The van der Waals surface area contributed by atoms with Crippen molar-refractivity contribution in [3.63, 3.8) is 0 Å². The maximum absolute atomic E-state index is 6.68. The molecule has 0 radical (unpaired) electrons. The second-order valence-corrected chi connectivity index (χ2v) is 6.31. The summed E-state index contributed by atoms with van der Waals surface area (Å²) >= 11 is 3.54. The van der Waals surface area contributed by atoms with Crippen LogP contribution in [-0.4, -0.2) is 5.54 Å². The Hall–Kier alpha value is -0.340. The minimum absolute atomic E-state index is 0.0216. The zero-order valence-corrected chi connectivity index (χ0v) is 12.2. The largest absolute Gasteiger partial charge is 0.325 e. The SMILES string of the molecule is CCC1CCCCC1(N)Cc1cccc(Br)c1. The maximum Gasteiger partial charge on any atom is 0.0223 e. The molecule has 0 amide bonds. The molecule has 0 bridgehead atoms. The van der Waals surface area contributed by atoms with Gasteiger partial charge in [0.2, 0.25) is 0 Å². The number of halogens is 1. The van der Waals surface area contributed by atoms with Gasteiger partial charge in [0.15, 0.2) is 0 Å². The topological polar surface area (TPSA) is 26.0 Å². The lowest BCUT2D eigenvalue weighted by Gasteiger charge is -2.41. The number of hydrogen-bond acceptors (Lipinski definition) is 1. The second-order valence-electron chi connectivity index (χ2n) is 5.39. The van der Waals surface area contributed by atoms with Crippen LogP contribution in [0.1, 0.15) is 44.6 Å². The molecule has 1 aromatic rings. The van der Waals surface area contributed by atoms with E-state index in [1.165, 1.54) is 37.7 Å². The minimum Gasteiger partial charge on any atom is -0.325 e. The predicted molar refractivity (Wildman–Crippen MR) is 77.0 cm³/mol. The summed E-state index contributed by atoms with van der Waals surface area (Å²) in [6, 6.07) is 8.58. The van der Waals surface area contributed by atoms with E-state index in [9.17, 15) is 0 Å². The summed E-state index contributed by atoms with van der Waals surface area (Å²) in [6.45, 7) is 2.28. The number of benzene rings is 1. The van der Waals surface area contributed by atoms with E-state index in [0.29, 0.717) is 5.92 Å². The van der Waals surface area contributed by atoms with Crippen molar-refractivity contribution in [3.8, 4) is 0 Å². The smallest absolute Gasteiger partial charge is 0.0223 e. The molecule has 2 atom stereocenters. The van der Waals surface area contributed by atoms with E-state index in [2.05, 4.69) is 47.1 Å². The van der Waals surface area contributed by atoms with E-state index in [4.69, 9.17) is 5.73 Å². The lowest BCUT2D eigenvalue weighted by molar-refractivity contribution is 0.182. The molecule has 0 aliphatic heterocycles. The summed E-state index contributed by atoms with van der Waals surface area (Å²) in [7, 11) is 0. The molecule has 2 unspecified atom stereocenters. The minimum atomic E-state index is 0.0216. The quantitative estimate of drug-likeness (QED) is 0.884. The first-order chi connectivity index (χ1) is 8.14. The van der Waals surface area contributed by atoms with Crippen LogP contribution in [0.4, 0.5) is 0 Å². The molecule has 1 fully saturated rings. The summed E-state index contributed by atoms with van der Waals surface area (Å²) in [4.78, 5) is 0. The molecule has 2 heteroatoms. The molecule has 1 aromatic carbocycles. The van der Waals surface area contributed by atoms with Crippen molar-refractivity contribution in [2.24, 2.45) is 11.7 Å². The van der Waals surface area contributed by atoms with Gasteiger partial charge in [0.25, 0.3) is 0 Å². The lowest BCUT2D eigenvalue weighted by Crippen LogP contribution is -2.50. The molecular weight excluding hydrogens is 274 g/mol. The number of nitrogens with two attached hydrogens (primary N) is 1. The van der Waals surface area contributed by atoms with Gasteiger partial charge in [-0.25, -0.2) is 0 Å². The molecule has 2 rings (SSSR count). The van der Waals surface area contributed by atoms with Crippen LogP contribution in [0.5, 0.6) is 0 Å². The molecule has 0 saturated heterocycles. The molecule has 2 N–H and O–H groups in total. The Morgan fingerprint density at radius 3 is 2.94 bits per heavy atom. The van der Waals surface area contributed by atoms with Crippen LogP contribution in [0.3, 0.4) is 0 Å². The van der Waals surface area contributed by atoms with Crippen molar-refractivity contribution < 1.29 is 0 Å². The van der Waals surface area contributed by atoms with Gasteiger partial charge >= 0.3 is 0 Å². The zero-order valence-electron chi connectivity index (χ0n) is 10.6. The van der Waals surface area contributed by atoms with Crippen molar-refractivity contribution >= 4 is 15.9 Å². The highest BCUT2D eigenvalue weighted by atomic mass is 79.9. The Morgan fingerprint density at radius 2 is 2.24 bits per heavy atom. The molecule has 0 aromatic heterocycles. The molecule has 1 saturated carbocycles. The van der Waals surface area contributed by atoms with Gasteiger partial charge in [-0.15, -0.1) is 0 Å². The van der Waals surface area contributed by atoms with Crippen molar-refractivity contribution in [2.75, 3.05) is 0 Å². The van der Waals surface area contributed by atoms with Crippen LogP contribution in [-0.2, 0) is 6.42 Å². The molecule has 1 aliphatic rings. The fraction of sp³-hybridized carbons (Fsp3) is 0.600. The Bertz CT molecular complexity index is 377. The van der Waals surface area contributed by atoms with E-state index in [0.717, 1.165) is 10.9 Å². The van der Waals surface area contributed by atoms with E-state index < -0.39 is 0 Å². The molecule has 94 valence electrons. The van der Waals surface area contributed by atoms with E-state index in [-0.39, 0.29) is 5.54 Å². The fourth-order valence-electron chi connectivity index (χ4n) is 3.21. The lowest BCUT2D eigenvalue weighted by atomic mass is 9.69. The number of rotatable bonds is 3. The normalized spacial score (nSPS) is 29.2. The Morgan fingerprint density at radius 1 is 1.41 bits per heavy atom. The second kappa shape index (κ2) is 5.53. The van der Waals surface area contributed by atoms with Gasteiger partial charge in [-0.05, 0) is 42.9 Å². The van der Waals surface area contributed by atoms with E-state index in [1.54, 1.807) is 0 Å². The van der Waals surface area contributed by atoms with Crippen LogP contribution >= 0.6 is 15.9 Å². The third-order valence-electron chi connectivity index (χ3n) is 4.17. The van der Waals surface area contributed by atoms with Gasteiger partial charge in [0.05, 0.1) is 0 Å². The van der Waals surface area contributed by atoms with Crippen molar-refractivity contribution in [1.82, 2.24) is 0 Å². The van der Waals surface area contributed by atoms with E-state index in [1.807, 2.05) is 0 Å². The monoisotopic (exact) mass is 295 g/mol. The average molecular weight is 296 g/mol. The third kappa shape index (κ3) is 3.11. The molecular formula is C15H22BrN. The standard InChI is InChI=1S/C15H22BrN/c1-2-13-7-3-4-9-15(13,17)11-12-6-5-8-14(16)10-12/h5-6,8,10,13H,2-4,7,9,11,17H2,1H3. The first kappa shape index (κ1) is 13.1. The zero-order chi connectivity index (χ0) is 12.3. The highest BCUT2D eigenvalue weighted by Crippen LogP contribution is 2.36. The van der Waals surface area contributed by atoms with Crippen LogP contribution in [0.25, 0.3) is 0 Å². The molecule has 1 aliphatic carbocycles. The summed E-state index contributed by atoms with van der Waals surface area (Å²) in [5.74, 6) is 0.690. The van der Waals surface area contributed by atoms with Gasteiger partial charge < -0.3 is 5.73 Å². The summed E-state index contributed by atoms with van der Waals surface area (Å²) in [5.41, 5.74) is 8.07. The molecule has 0 heterocycles. The van der Waals surface area contributed by atoms with Gasteiger partial charge in [-0.2, -0.15) is 0 Å². The molecule has 1 nitrogen and oxygen atoms in total. The predicted octanol–water partition coefficient (Wildman–Crippen LogP) is 4.29. The third-order valence-corrected chi connectivity index (χ3v) is 4.67. The highest BCUT2D eigenvalue weighted by molar-refractivity contribution is 9.10. The molecule has 17 heavy (non-hydrogen) atoms. The Balaban J connectivity index is 2.14. The fourth-order valence-corrected chi connectivity index (χ4v) is 3.65. The Labute approximate surface area is 113 Å². The van der Waals surface area contributed by atoms with Gasteiger partial charge in [0.1, 0.15) is 0 Å². The van der Waals surface area contributed by atoms with Gasteiger partial charge in [0, 0.05) is 10.0 Å². The summed E-state index contributed by atoms with van der Waals surface area (Å²) < 4.78 is 1.16. The van der Waals surface area contributed by atoms with Crippen molar-refractivity contribution in [1.29, 1.82) is 0 Å². The summed E-state index contributed by atoms with van der Waals surface area (Å²) in [5, 5.41) is 0. The highest BCUT2D eigenvalue weighted by Gasteiger charge is 2.35.